The third-order valence-electron chi connectivity index (χ3n) is 3.50. The number of aliphatic hydroxyl groups is 1. The molecule has 0 unspecified atom stereocenters. The second-order valence-corrected chi connectivity index (χ2v) is 4.31. The Kier molecular flexibility index (Phi) is 2.13. The highest BCUT2D eigenvalue weighted by molar-refractivity contribution is 4.97. The fourth-order valence-electron chi connectivity index (χ4n) is 2.52. The monoisotopic (exact) mass is 170 g/mol. The molecule has 1 aliphatic carbocycles. The summed E-state index contributed by atoms with van der Waals surface area (Å²) in [7, 11) is 0. The van der Waals surface area contributed by atoms with E-state index in [1.165, 1.54) is 19.3 Å². The maximum Gasteiger partial charge on any atom is 0.0955 e. The van der Waals surface area contributed by atoms with Gasteiger partial charge in [0.2, 0.25) is 0 Å². The zero-order valence-electron chi connectivity index (χ0n) is 7.75. The topological polar surface area (TPSA) is 29.5 Å². The Morgan fingerprint density at radius 1 is 1.33 bits per heavy atom. The molecule has 2 heteroatoms. The predicted octanol–water partition coefficient (Wildman–Crippen LogP) is 1.72. The Bertz CT molecular complexity index is 169. The first kappa shape index (κ1) is 8.52. The largest absolute Gasteiger partial charge is 0.387 e. The van der Waals surface area contributed by atoms with E-state index in [9.17, 15) is 5.11 Å². The van der Waals surface area contributed by atoms with Crippen LogP contribution in [0.25, 0.3) is 0 Å². The van der Waals surface area contributed by atoms with E-state index in [1.54, 1.807) is 0 Å². The van der Waals surface area contributed by atoms with E-state index < -0.39 is 5.60 Å². The zero-order valence-corrected chi connectivity index (χ0v) is 7.75. The highest BCUT2D eigenvalue weighted by Crippen LogP contribution is 2.40. The fourth-order valence-corrected chi connectivity index (χ4v) is 2.52. The first-order valence-corrected chi connectivity index (χ1v) is 5.07. The number of hydrogen-bond acceptors (Lipinski definition) is 2. The Morgan fingerprint density at radius 2 is 2.17 bits per heavy atom. The molecule has 70 valence electrons. The minimum Gasteiger partial charge on any atom is -0.387 e. The van der Waals surface area contributed by atoms with Crippen molar-refractivity contribution in [2.45, 2.75) is 50.7 Å². The summed E-state index contributed by atoms with van der Waals surface area (Å²) in [6.07, 6.45) is 5.78. The third kappa shape index (κ3) is 1.17. The normalized spacial score (nSPS) is 48.5. The lowest BCUT2D eigenvalue weighted by Gasteiger charge is -2.29. The second kappa shape index (κ2) is 3.00. The fraction of sp³-hybridized carbons (Fsp3) is 1.00. The van der Waals surface area contributed by atoms with Crippen LogP contribution in [0.2, 0.25) is 0 Å². The van der Waals surface area contributed by atoms with E-state index in [0.717, 1.165) is 19.4 Å². The van der Waals surface area contributed by atoms with Crippen molar-refractivity contribution in [2.75, 3.05) is 6.61 Å². The van der Waals surface area contributed by atoms with Gasteiger partial charge in [0.1, 0.15) is 0 Å². The van der Waals surface area contributed by atoms with Crippen molar-refractivity contribution >= 4 is 0 Å². The molecule has 2 nitrogen and oxygen atoms in total. The lowest BCUT2D eigenvalue weighted by Crippen LogP contribution is -2.41. The molecule has 0 amide bonds. The van der Waals surface area contributed by atoms with Gasteiger partial charge in [-0.15, -0.1) is 0 Å². The van der Waals surface area contributed by atoms with Gasteiger partial charge in [-0.25, -0.2) is 0 Å². The van der Waals surface area contributed by atoms with E-state index in [-0.39, 0.29) is 6.10 Å². The van der Waals surface area contributed by atoms with Crippen LogP contribution in [0.5, 0.6) is 0 Å². The van der Waals surface area contributed by atoms with Gasteiger partial charge in [-0.2, -0.15) is 0 Å². The van der Waals surface area contributed by atoms with Crippen LogP contribution in [0.15, 0.2) is 0 Å². The van der Waals surface area contributed by atoms with Crippen LogP contribution in [-0.4, -0.2) is 23.4 Å². The molecule has 2 aliphatic rings. The molecule has 2 rings (SSSR count). The van der Waals surface area contributed by atoms with Gasteiger partial charge in [-0.05, 0) is 12.8 Å². The number of fused-ring (bicyclic) bond motifs is 1. The van der Waals surface area contributed by atoms with E-state index >= 15 is 0 Å². The number of ether oxygens (including phenoxy) is 1. The molecular weight excluding hydrogens is 152 g/mol. The summed E-state index contributed by atoms with van der Waals surface area (Å²) in [6.45, 7) is 2.85. The van der Waals surface area contributed by atoms with Crippen LogP contribution in [0.4, 0.5) is 0 Å². The first-order valence-electron chi connectivity index (χ1n) is 5.07. The Balaban J connectivity index is 2.15. The molecule has 1 saturated carbocycles. The molecule has 1 saturated heterocycles. The Hall–Kier alpha value is -0.0800. The van der Waals surface area contributed by atoms with Crippen LogP contribution in [0.3, 0.4) is 0 Å². The molecule has 0 radical (unpaired) electrons. The summed E-state index contributed by atoms with van der Waals surface area (Å²) in [5.74, 6) is 0.334. The highest BCUT2D eigenvalue weighted by atomic mass is 16.5. The summed E-state index contributed by atoms with van der Waals surface area (Å²) < 4.78 is 5.60. The zero-order chi connectivity index (χ0) is 8.60. The lowest BCUT2D eigenvalue weighted by molar-refractivity contribution is -0.0541. The van der Waals surface area contributed by atoms with Gasteiger partial charge in [0, 0.05) is 5.92 Å². The molecule has 12 heavy (non-hydrogen) atoms. The van der Waals surface area contributed by atoms with Crippen LogP contribution < -0.4 is 0 Å². The van der Waals surface area contributed by atoms with E-state index in [4.69, 9.17) is 4.74 Å². The smallest absolute Gasteiger partial charge is 0.0955 e. The number of hydrogen-bond donors (Lipinski definition) is 1. The predicted molar refractivity (Wildman–Crippen MR) is 46.9 cm³/mol. The molecular formula is C10H18O2. The summed E-state index contributed by atoms with van der Waals surface area (Å²) >= 11 is 0. The van der Waals surface area contributed by atoms with E-state index in [1.807, 2.05) is 0 Å². The van der Waals surface area contributed by atoms with Crippen molar-refractivity contribution in [1.29, 1.82) is 0 Å². The quantitative estimate of drug-likeness (QED) is 0.599. The third-order valence-corrected chi connectivity index (χ3v) is 3.50. The number of rotatable bonds is 0. The molecule has 0 aromatic heterocycles. The molecule has 0 bridgehead atoms. The van der Waals surface area contributed by atoms with Gasteiger partial charge in [0.15, 0.2) is 0 Å². The molecule has 0 aromatic rings. The summed E-state index contributed by atoms with van der Waals surface area (Å²) in [5.41, 5.74) is -0.490. The van der Waals surface area contributed by atoms with Crippen molar-refractivity contribution in [2.24, 2.45) is 5.92 Å². The standard InChI is InChI=1S/C10H18O2/c1-8-7-12-9-5-3-2-4-6-10(8,9)11/h8-9,11H,2-7H2,1H3/t8-,9+,10-/m1/s1. The van der Waals surface area contributed by atoms with Gasteiger partial charge >= 0.3 is 0 Å². The Morgan fingerprint density at radius 3 is 3.00 bits per heavy atom. The minimum atomic E-state index is -0.490. The van der Waals surface area contributed by atoms with Crippen LogP contribution >= 0.6 is 0 Å². The van der Waals surface area contributed by atoms with Crippen LogP contribution in [-0.2, 0) is 4.74 Å². The molecule has 1 N–H and O–H groups in total. The highest BCUT2D eigenvalue weighted by Gasteiger charge is 2.47. The second-order valence-electron chi connectivity index (χ2n) is 4.31. The van der Waals surface area contributed by atoms with Gasteiger partial charge in [0.05, 0.1) is 18.3 Å². The van der Waals surface area contributed by atoms with E-state index in [0.29, 0.717) is 5.92 Å². The average molecular weight is 170 g/mol. The van der Waals surface area contributed by atoms with Gasteiger partial charge in [-0.1, -0.05) is 26.2 Å². The maximum absolute atomic E-state index is 10.3. The maximum atomic E-state index is 10.3. The lowest BCUT2D eigenvalue weighted by atomic mass is 9.83. The van der Waals surface area contributed by atoms with Crippen molar-refractivity contribution in [3.05, 3.63) is 0 Å². The molecule has 0 aromatic carbocycles. The minimum absolute atomic E-state index is 0.134. The summed E-state index contributed by atoms with van der Waals surface area (Å²) in [6, 6.07) is 0. The van der Waals surface area contributed by atoms with Gasteiger partial charge in [0.25, 0.3) is 0 Å². The Labute approximate surface area is 73.9 Å². The summed E-state index contributed by atoms with van der Waals surface area (Å²) in [5, 5.41) is 10.3. The molecule has 3 atom stereocenters. The molecule has 2 fully saturated rings. The van der Waals surface area contributed by atoms with Crippen molar-refractivity contribution in [3.63, 3.8) is 0 Å². The van der Waals surface area contributed by atoms with Gasteiger partial charge in [-0.3, -0.25) is 0 Å². The van der Waals surface area contributed by atoms with Crippen molar-refractivity contribution in [1.82, 2.24) is 0 Å². The van der Waals surface area contributed by atoms with Crippen molar-refractivity contribution < 1.29 is 9.84 Å². The molecule has 0 spiro atoms. The summed E-state index contributed by atoms with van der Waals surface area (Å²) in [4.78, 5) is 0. The SMILES string of the molecule is C[C@@H]1CO[C@H]2CCCCC[C@@]12O. The van der Waals surface area contributed by atoms with Crippen LogP contribution in [0, 0.1) is 5.92 Å². The average Bonchev–Trinajstić information content (AvgIpc) is 2.24. The van der Waals surface area contributed by atoms with E-state index in [2.05, 4.69) is 6.92 Å². The molecule has 1 aliphatic heterocycles. The first-order chi connectivity index (χ1) is 5.73. The van der Waals surface area contributed by atoms with Crippen molar-refractivity contribution in [3.8, 4) is 0 Å². The van der Waals surface area contributed by atoms with Gasteiger partial charge < -0.3 is 9.84 Å². The van der Waals surface area contributed by atoms with Crippen LogP contribution in [0.1, 0.15) is 39.0 Å². The molecule has 1 heterocycles.